The molecule has 3 aliphatic rings. The molecule has 3 fully saturated rings. The number of nitrogens with one attached hydrogen (secondary N) is 1. The lowest BCUT2D eigenvalue weighted by Crippen LogP contribution is -2.61. The van der Waals surface area contributed by atoms with Crippen molar-refractivity contribution in [3.05, 3.63) is 0 Å². The van der Waals surface area contributed by atoms with Crippen molar-refractivity contribution < 1.29 is 4.79 Å². The Labute approximate surface area is 103 Å². The van der Waals surface area contributed by atoms with E-state index in [1.807, 2.05) is 0 Å². The van der Waals surface area contributed by atoms with E-state index in [0.29, 0.717) is 5.92 Å². The van der Waals surface area contributed by atoms with E-state index in [0.717, 1.165) is 44.9 Å². The summed E-state index contributed by atoms with van der Waals surface area (Å²) in [6.45, 7) is 4.07. The molecule has 4 heteroatoms. The van der Waals surface area contributed by atoms with Crippen LogP contribution in [0.25, 0.3) is 0 Å². The number of hydrogen-bond acceptors (Lipinski definition) is 3. The van der Waals surface area contributed by atoms with Crippen LogP contribution >= 0.6 is 0 Å². The molecular weight excluding hydrogens is 214 g/mol. The van der Waals surface area contributed by atoms with E-state index in [1.165, 1.54) is 19.3 Å². The van der Waals surface area contributed by atoms with E-state index in [-0.39, 0.29) is 11.4 Å². The molecule has 2 saturated carbocycles. The average Bonchev–Trinajstić information content (AvgIpc) is 2.81. The smallest absolute Gasteiger partial charge is 0.238 e. The minimum atomic E-state index is -0.297. The first-order valence-corrected chi connectivity index (χ1v) is 6.99. The number of amides is 1. The van der Waals surface area contributed by atoms with Gasteiger partial charge in [-0.2, -0.15) is 0 Å². The van der Waals surface area contributed by atoms with Gasteiger partial charge in [-0.3, -0.25) is 9.69 Å². The van der Waals surface area contributed by atoms with E-state index in [2.05, 4.69) is 10.2 Å². The Balaban J connectivity index is 1.86. The summed E-state index contributed by atoms with van der Waals surface area (Å²) in [5.41, 5.74) is 5.50. The summed E-state index contributed by atoms with van der Waals surface area (Å²) in [6.07, 6.45) is 5.90. The predicted octanol–water partition coefficient (Wildman–Crippen LogP) is 0.326. The third-order valence-corrected chi connectivity index (χ3v) is 5.15. The van der Waals surface area contributed by atoms with Crippen LogP contribution in [0.15, 0.2) is 0 Å². The molecule has 1 aliphatic heterocycles. The molecule has 0 aromatic rings. The van der Waals surface area contributed by atoms with E-state index >= 15 is 0 Å². The van der Waals surface area contributed by atoms with Crippen molar-refractivity contribution in [2.45, 2.75) is 37.6 Å². The maximum Gasteiger partial charge on any atom is 0.238 e. The lowest BCUT2D eigenvalue weighted by molar-refractivity contribution is -0.134. The zero-order valence-electron chi connectivity index (χ0n) is 10.5. The highest BCUT2D eigenvalue weighted by Gasteiger charge is 2.57. The van der Waals surface area contributed by atoms with Gasteiger partial charge in [0, 0.05) is 19.6 Å². The highest BCUT2D eigenvalue weighted by atomic mass is 16.1. The Morgan fingerprint density at radius 1 is 1.29 bits per heavy atom. The third kappa shape index (κ3) is 1.69. The first-order chi connectivity index (χ1) is 8.23. The quantitative estimate of drug-likeness (QED) is 0.727. The van der Waals surface area contributed by atoms with Gasteiger partial charge in [0.1, 0.15) is 5.54 Å². The van der Waals surface area contributed by atoms with Crippen LogP contribution < -0.4 is 11.1 Å². The van der Waals surface area contributed by atoms with Crippen molar-refractivity contribution in [2.24, 2.45) is 17.6 Å². The van der Waals surface area contributed by atoms with E-state index in [9.17, 15) is 4.79 Å². The molecule has 0 radical (unpaired) electrons. The predicted molar refractivity (Wildman–Crippen MR) is 66.4 cm³/mol. The van der Waals surface area contributed by atoms with Gasteiger partial charge in [-0.25, -0.2) is 0 Å². The van der Waals surface area contributed by atoms with Gasteiger partial charge in [-0.05, 0) is 44.1 Å². The molecule has 96 valence electrons. The molecule has 1 heterocycles. The van der Waals surface area contributed by atoms with Gasteiger partial charge in [0.25, 0.3) is 0 Å². The van der Waals surface area contributed by atoms with Crippen LogP contribution in [0.4, 0.5) is 0 Å². The summed E-state index contributed by atoms with van der Waals surface area (Å²) in [4.78, 5) is 14.5. The Morgan fingerprint density at radius 2 is 2.18 bits per heavy atom. The van der Waals surface area contributed by atoms with Crippen molar-refractivity contribution >= 4 is 5.91 Å². The van der Waals surface area contributed by atoms with Crippen LogP contribution in [0.5, 0.6) is 0 Å². The Hall–Kier alpha value is -0.610. The third-order valence-electron chi connectivity index (χ3n) is 5.15. The molecular formula is C13H23N3O. The van der Waals surface area contributed by atoms with Gasteiger partial charge in [-0.15, -0.1) is 0 Å². The van der Waals surface area contributed by atoms with Crippen LogP contribution in [0.2, 0.25) is 0 Å². The van der Waals surface area contributed by atoms with Gasteiger partial charge in [0.15, 0.2) is 0 Å². The number of primary amides is 1. The van der Waals surface area contributed by atoms with Gasteiger partial charge >= 0.3 is 0 Å². The second kappa shape index (κ2) is 4.25. The largest absolute Gasteiger partial charge is 0.368 e. The molecule has 3 rings (SSSR count). The summed E-state index contributed by atoms with van der Waals surface area (Å²) in [6, 6.07) is 0. The number of nitrogens with zero attached hydrogens (tertiary/aromatic N) is 1. The van der Waals surface area contributed by atoms with Crippen LogP contribution in [-0.4, -0.2) is 42.5 Å². The number of nitrogens with two attached hydrogens (primary N) is 1. The molecule has 3 N–H and O–H groups in total. The van der Waals surface area contributed by atoms with Crippen molar-refractivity contribution in [3.63, 3.8) is 0 Å². The second-order valence-corrected chi connectivity index (χ2v) is 5.96. The first kappa shape index (κ1) is 11.5. The lowest BCUT2D eigenvalue weighted by Gasteiger charge is -2.44. The molecule has 0 aromatic heterocycles. The fourth-order valence-corrected chi connectivity index (χ4v) is 4.39. The van der Waals surface area contributed by atoms with Gasteiger partial charge in [0.05, 0.1) is 0 Å². The number of carbonyl (C=O) groups is 1. The van der Waals surface area contributed by atoms with Crippen LogP contribution in [0, 0.1) is 11.8 Å². The Morgan fingerprint density at radius 3 is 2.82 bits per heavy atom. The molecule has 0 aromatic carbocycles. The summed E-state index contributed by atoms with van der Waals surface area (Å²) in [7, 11) is 0. The molecule has 4 nitrogen and oxygen atoms in total. The van der Waals surface area contributed by atoms with Crippen LogP contribution in [0.3, 0.4) is 0 Å². The summed E-state index contributed by atoms with van der Waals surface area (Å²) in [5.74, 6) is 1.22. The topological polar surface area (TPSA) is 58.4 Å². The van der Waals surface area contributed by atoms with Crippen molar-refractivity contribution in [1.29, 1.82) is 0 Å². The maximum atomic E-state index is 12.1. The van der Waals surface area contributed by atoms with Gasteiger partial charge in [-0.1, -0.05) is 6.42 Å². The molecule has 2 bridgehead atoms. The minimum absolute atomic E-state index is 0.0633. The van der Waals surface area contributed by atoms with E-state index in [1.54, 1.807) is 0 Å². The molecule has 3 unspecified atom stereocenters. The normalized spacial score (nSPS) is 42.6. The number of hydrogen-bond donors (Lipinski definition) is 2. The fourth-order valence-electron chi connectivity index (χ4n) is 4.39. The van der Waals surface area contributed by atoms with Crippen molar-refractivity contribution in [1.82, 2.24) is 10.2 Å². The lowest BCUT2D eigenvalue weighted by atomic mass is 9.78. The zero-order chi connectivity index (χ0) is 11.9. The van der Waals surface area contributed by atoms with Crippen LogP contribution in [-0.2, 0) is 4.79 Å². The first-order valence-electron chi connectivity index (χ1n) is 6.99. The zero-order valence-corrected chi connectivity index (χ0v) is 10.5. The fraction of sp³-hybridized carbons (Fsp3) is 0.923. The van der Waals surface area contributed by atoms with Crippen molar-refractivity contribution in [3.8, 4) is 0 Å². The second-order valence-electron chi connectivity index (χ2n) is 5.96. The summed E-state index contributed by atoms with van der Waals surface area (Å²) < 4.78 is 0. The molecule has 0 spiro atoms. The Kier molecular flexibility index (Phi) is 2.87. The van der Waals surface area contributed by atoms with Gasteiger partial charge < -0.3 is 11.1 Å². The number of carbonyl (C=O) groups excluding carboxylic acids is 1. The highest BCUT2D eigenvalue weighted by Crippen LogP contribution is 2.53. The van der Waals surface area contributed by atoms with Gasteiger partial charge in [0.2, 0.25) is 5.91 Å². The summed E-state index contributed by atoms with van der Waals surface area (Å²) in [5, 5.41) is 3.41. The van der Waals surface area contributed by atoms with Crippen LogP contribution in [0.1, 0.15) is 32.1 Å². The average molecular weight is 237 g/mol. The highest BCUT2D eigenvalue weighted by molar-refractivity contribution is 5.85. The Bertz CT molecular complexity index is 312. The molecule has 17 heavy (non-hydrogen) atoms. The standard InChI is InChI=1S/C13H23N3O/c14-12(17)13(9-10-2-3-11(13)8-10)16-6-1-4-15-5-7-16/h10-11,15H,1-9H2,(H2,14,17). The monoisotopic (exact) mass is 237 g/mol. The SMILES string of the molecule is NC(=O)C1(N2CCCNCC2)CC2CCC1C2. The molecule has 2 aliphatic carbocycles. The molecule has 3 atom stereocenters. The van der Waals surface area contributed by atoms with E-state index in [4.69, 9.17) is 5.73 Å². The summed E-state index contributed by atoms with van der Waals surface area (Å²) >= 11 is 0. The number of rotatable bonds is 2. The van der Waals surface area contributed by atoms with E-state index < -0.39 is 0 Å². The molecule has 1 amide bonds. The van der Waals surface area contributed by atoms with Crippen molar-refractivity contribution in [2.75, 3.05) is 26.2 Å². The molecule has 1 saturated heterocycles. The number of fused-ring (bicyclic) bond motifs is 2. The minimum Gasteiger partial charge on any atom is -0.368 e. The maximum absolute atomic E-state index is 12.1.